The monoisotopic (exact) mass is 301 g/mol. The molecule has 0 saturated carbocycles. The quantitative estimate of drug-likeness (QED) is 0.860. The molecule has 19 heavy (non-hydrogen) atoms. The predicted molar refractivity (Wildman–Crippen MR) is 78.6 cm³/mol. The highest BCUT2D eigenvalue weighted by molar-refractivity contribution is 7.88. The molecule has 0 amide bonds. The van der Waals surface area contributed by atoms with Gasteiger partial charge in [-0.3, -0.25) is 0 Å². The van der Waals surface area contributed by atoms with E-state index >= 15 is 0 Å². The number of halogens is 1. The second-order valence-corrected chi connectivity index (χ2v) is 8.05. The molecule has 106 valence electrons. The van der Waals surface area contributed by atoms with Crippen molar-refractivity contribution < 1.29 is 8.42 Å². The molecule has 3 nitrogen and oxygen atoms in total. The van der Waals surface area contributed by atoms with Crippen molar-refractivity contribution in [3.05, 3.63) is 34.9 Å². The topological polar surface area (TPSA) is 37.4 Å². The van der Waals surface area contributed by atoms with Gasteiger partial charge < -0.3 is 0 Å². The zero-order chi connectivity index (χ0) is 14.0. The summed E-state index contributed by atoms with van der Waals surface area (Å²) < 4.78 is 26.5. The van der Waals surface area contributed by atoms with Crippen LogP contribution in [0.4, 0.5) is 0 Å². The maximum absolute atomic E-state index is 12.4. The Labute approximate surface area is 120 Å². The minimum atomic E-state index is -3.22. The fourth-order valence-electron chi connectivity index (χ4n) is 2.72. The molecular weight excluding hydrogens is 282 g/mol. The lowest BCUT2D eigenvalue weighted by molar-refractivity contribution is 0.222. The standard InChI is InChI=1S/C14H20ClNO2S/c1-11-7-12(2)9-16(8-11)19(17,18)10-13-3-5-14(15)6-4-13/h3-6,11-12H,7-10H2,1-2H3/t11-,12-/m0/s1. The summed E-state index contributed by atoms with van der Waals surface area (Å²) in [5, 5.41) is 0.626. The Morgan fingerprint density at radius 1 is 1.16 bits per heavy atom. The minimum Gasteiger partial charge on any atom is -0.212 e. The summed E-state index contributed by atoms with van der Waals surface area (Å²) >= 11 is 5.81. The summed E-state index contributed by atoms with van der Waals surface area (Å²) in [6.07, 6.45) is 1.10. The van der Waals surface area contributed by atoms with Crippen molar-refractivity contribution in [3.63, 3.8) is 0 Å². The van der Waals surface area contributed by atoms with Gasteiger partial charge in [0.2, 0.25) is 10.0 Å². The van der Waals surface area contributed by atoms with Crippen molar-refractivity contribution in [2.75, 3.05) is 13.1 Å². The van der Waals surface area contributed by atoms with Crippen LogP contribution in [0.1, 0.15) is 25.8 Å². The van der Waals surface area contributed by atoms with E-state index in [2.05, 4.69) is 13.8 Å². The van der Waals surface area contributed by atoms with Gasteiger partial charge in [0.15, 0.2) is 0 Å². The summed E-state index contributed by atoms with van der Waals surface area (Å²) in [5.74, 6) is 0.927. The zero-order valence-electron chi connectivity index (χ0n) is 11.3. The first kappa shape index (κ1) is 14.8. The molecule has 0 bridgehead atoms. The third-order valence-corrected chi connectivity index (χ3v) is 5.53. The van der Waals surface area contributed by atoms with Crippen LogP contribution in [-0.2, 0) is 15.8 Å². The van der Waals surface area contributed by atoms with Crippen molar-refractivity contribution in [3.8, 4) is 0 Å². The Hall–Kier alpha value is -0.580. The lowest BCUT2D eigenvalue weighted by Gasteiger charge is -2.34. The van der Waals surface area contributed by atoms with E-state index in [-0.39, 0.29) is 5.75 Å². The SMILES string of the molecule is C[C@H]1C[C@H](C)CN(S(=O)(=O)Cc2ccc(Cl)cc2)C1. The molecule has 1 saturated heterocycles. The summed E-state index contributed by atoms with van der Waals surface area (Å²) in [4.78, 5) is 0. The Morgan fingerprint density at radius 2 is 1.68 bits per heavy atom. The number of rotatable bonds is 3. The van der Waals surface area contributed by atoms with Crippen LogP contribution in [0.15, 0.2) is 24.3 Å². The van der Waals surface area contributed by atoms with Crippen LogP contribution in [0.2, 0.25) is 5.02 Å². The fraction of sp³-hybridized carbons (Fsp3) is 0.571. The molecule has 0 N–H and O–H groups in total. The summed E-state index contributed by atoms with van der Waals surface area (Å²) in [7, 11) is -3.22. The number of hydrogen-bond donors (Lipinski definition) is 0. The highest BCUT2D eigenvalue weighted by Crippen LogP contribution is 2.25. The molecule has 0 unspecified atom stereocenters. The normalized spacial score (nSPS) is 25.4. The maximum Gasteiger partial charge on any atom is 0.218 e. The van der Waals surface area contributed by atoms with Crippen molar-refractivity contribution >= 4 is 21.6 Å². The van der Waals surface area contributed by atoms with Crippen molar-refractivity contribution in [1.29, 1.82) is 0 Å². The molecule has 5 heteroatoms. The van der Waals surface area contributed by atoms with E-state index in [1.54, 1.807) is 28.6 Å². The van der Waals surface area contributed by atoms with E-state index in [9.17, 15) is 8.42 Å². The smallest absolute Gasteiger partial charge is 0.212 e. The van der Waals surface area contributed by atoms with Crippen LogP contribution in [0.25, 0.3) is 0 Å². The van der Waals surface area contributed by atoms with Crippen molar-refractivity contribution in [1.82, 2.24) is 4.31 Å². The molecule has 0 spiro atoms. The second-order valence-electron chi connectivity index (χ2n) is 5.65. The third kappa shape index (κ3) is 3.94. The van der Waals surface area contributed by atoms with Crippen molar-refractivity contribution in [2.45, 2.75) is 26.0 Å². The van der Waals surface area contributed by atoms with Gasteiger partial charge in [0, 0.05) is 18.1 Å². The Bertz CT molecular complexity index is 517. The van der Waals surface area contributed by atoms with E-state index < -0.39 is 10.0 Å². The fourth-order valence-corrected chi connectivity index (χ4v) is 4.60. The van der Waals surface area contributed by atoms with Gasteiger partial charge in [0.25, 0.3) is 0 Å². The lowest BCUT2D eigenvalue weighted by Crippen LogP contribution is -2.43. The predicted octanol–water partition coefficient (Wildman–Crippen LogP) is 3.15. The van der Waals surface area contributed by atoms with Crippen LogP contribution >= 0.6 is 11.6 Å². The number of piperidine rings is 1. The molecule has 0 radical (unpaired) electrons. The molecule has 2 atom stereocenters. The molecule has 1 aliphatic rings. The van der Waals surface area contributed by atoms with Gasteiger partial charge in [0.1, 0.15) is 0 Å². The van der Waals surface area contributed by atoms with Crippen LogP contribution in [0, 0.1) is 11.8 Å². The molecule has 1 aromatic rings. The van der Waals surface area contributed by atoms with Gasteiger partial charge in [0.05, 0.1) is 5.75 Å². The van der Waals surface area contributed by atoms with Crippen LogP contribution in [0.5, 0.6) is 0 Å². The van der Waals surface area contributed by atoms with Gasteiger partial charge >= 0.3 is 0 Å². The molecule has 1 aliphatic heterocycles. The summed E-state index contributed by atoms with van der Waals surface area (Å²) in [6, 6.07) is 7.01. The summed E-state index contributed by atoms with van der Waals surface area (Å²) in [6.45, 7) is 5.50. The zero-order valence-corrected chi connectivity index (χ0v) is 12.9. The molecule has 0 aliphatic carbocycles. The molecule has 2 rings (SSSR count). The van der Waals surface area contributed by atoms with Crippen LogP contribution < -0.4 is 0 Å². The molecule has 1 aromatic carbocycles. The molecule has 0 aromatic heterocycles. The lowest BCUT2D eigenvalue weighted by atomic mass is 9.94. The minimum absolute atomic E-state index is 0.0591. The van der Waals surface area contributed by atoms with E-state index in [1.165, 1.54) is 0 Å². The largest absolute Gasteiger partial charge is 0.218 e. The number of hydrogen-bond acceptors (Lipinski definition) is 2. The number of sulfonamides is 1. The highest BCUT2D eigenvalue weighted by atomic mass is 35.5. The van der Waals surface area contributed by atoms with Crippen molar-refractivity contribution in [2.24, 2.45) is 11.8 Å². The van der Waals surface area contributed by atoms with Crippen LogP contribution in [-0.4, -0.2) is 25.8 Å². The average molecular weight is 302 g/mol. The Morgan fingerprint density at radius 3 is 2.21 bits per heavy atom. The first-order valence-electron chi connectivity index (χ1n) is 6.59. The molecule has 1 heterocycles. The highest BCUT2D eigenvalue weighted by Gasteiger charge is 2.30. The van der Waals surface area contributed by atoms with E-state index in [1.807, 2.05) is 0 Å². The first-order chi connectivity index (χ1) is 8.87. The first-order valence-corrected chi connectivity index (χ1v) is 8.58. The Balaban J connectivity index is 2.11. The van der Waals surface area contributed by atoms with E-state index in [4.69, 9.17) is 11.6 Å². The second kappa shape index (κ2) is 5.81. The Kier molecular flexibility index (Phi) is 4.54. The van der Waals surface area contributed by atoms with Gasteiger partial charge in [-0.05, 0) is 36.0 Å². The van der Waals surface area contributed by atoms with Gasteiger partial charge in [-0.1, -0.05) is 37.6 Å². The maximum atomic E-state index is 12.4. The van der Waals surface area contributed by atoms with E-state index in [0.29, 0.717) is 29.9 Å². The van der Waals surface area contributed by atoms with Crippen LogP contribution in [0.3, 0.4) is 0 Å². The number of nitrogens with zero attached hydrogens (tertiary/aromatic N) is 1. The van der Waals surface area contributed by atoms with Gasteiger partial charge in [-0.25, -0.2) is 12.7 Å². The molecular formula is C14H20ClNO2S. The number of benzene rings is 1. The van der Waals surface area contributed by atoms with Gasteiger partial charge in [-0.2, -0.15) is 0 Å². The van der Waals surface area contributed by atoms with E-state index in [0.717, 1.165) is 12.0 Å². The summed E-state index contributed by atoms with van der Waals surface area (Å²) in [5.41, 5.74) is 0.787. The average Bonchev–Trinajstić information content (AvgIpc) is 2.31. The third-order valence-electron chi connectivity index (χ3n) is 3.49. The van der Waals surface area contributed by atoms with Gasteiger partial charge in [-0.15, -0.1) is 0 Å². The molecule has 1 fully saturated rings.